The number of hydrogen-bond acceptors (Lipinski definition) is 26. The second-order valence-electron chi connectivity index (χ2n) is 28.5. The summed E-state index contributed by atoms with van der Waals surface area (Å²) < 4.78 is 142. The number of fused-ring (bicyclic) bond motifs is 2. The van der Waals surface area contributed by atoms with E-state index < -0.39 is 156 Å². The summed E-state index contributed by atoms with van der Waals surface area (Å²) in [7, 11) is -18.6. The molecule has 648 valence electrons. The molecule has 2 aliphatic heterocycles. The number of aromatic nitrogens is 2. The van der Waals surface area contributed by atoms with Crippen molar-refractivity contribution < 1.29 is 111 Å². The van der Waals surface area contributed by atoms with Crippen molar-refractivity contribution in [2.24, 2.45) is 0 Å². The first-order chi connectivity index (χ1) is 56.4. The monoisotopic (exact) mass is 1730 g/mol. The second-order valence-corrected chi connectivity index (χ2v) is 34.8. The van der Waals surface area contributed by atoms with Crippen LogP contribution in [0.2, 0.25) is 0 Å². The van der Waals surface area contributed by atoms with E-state index in [1.807, 2.05) is 12.1 Å². The third-order valence-electron chi connectivity index (χ3n) is 18.9. The number of nitrogens with one attached hydrogen (secondary N) is 12. The molecule has 4 heterocycles. The van der Waals surface area contributed by atoms with Gasteiger partial charge in [-0.2, -0.15) is 26.3 Å². The minimum absolute atomic E-state index is 0.0184. The average Bonchev–Trinajstić information content (AvgIpc) is 0.756. The summed E-state index contributed by atoms with van der Waals surface area (Å²) in [4.78, 5) is 111. The molecule has 42 heteroatoms. The van der Waals surface area contributed by atoms with Gasteiger partial charge in [-0.25, -0.2) is 26.8 Å². The third kappa shape index (κ3) is 31.1. The number of benzene rings is 4. The number of ether oxygens (including phenoxy) is 3. The van der Waals surface area contributed by atoms with Crippen LogP contribution in [-0.4, -0.2) is 236 Å². The number of carbonyl (C=O) groups is 8. The lowest BCUT2D eigenvalue weighted by atomic mass is 10.0. The number of aliphatic hydroxyl groups excluding tert-OH is 1. The summed E-state index contributed by atoms with van der Waals surface area (Å²) in [6.45, 7) is 4.19. The molecule has 0 radical (unpaired) electrons. The lowest BCUT2D eigenvalue weighted by molar-refractivity contribution is -0.139. The van der Waals surface area contributed by atoms with E-state index >= 15 is 0 Å². The molecule has 38 nitrogen and oxygen atoms in total. The molecule has 0 aliphatic carbocycles. The van der Waals surface area contributed by atoms with Crippen LogP contribution in [0.4, 0.5) is 11.6 Å². The van der Waals surface area contributed by atoms with E-state index in [0.717, 1.165) is 72.9 Å². The second kappa shape index (κ2) is 44.6. The fourth-order valence-electron chi connectivity index (χ4n) is 13.0. The van der Waals surface area contributed by atoms with E-state index in [-0.39, 0.29) is 120 Å². The molecule has 2 aromatic heterocycles. The van der Waals surface area contributed by atoms with E-state index in [9.17, 15) is 96.5 Å². The van der Waals surface area contributed by atoms with E-state index in [0.29, 0.717) is 25.7 Å². The van der Waals surface area contributed by atoms with E-state index in [4.69, 9.17) is 24.2 Å². The molecule has 0 saturated heterocycles. The van der Waals surface area contributed by atoms with Crippen molar-refractivity contribution >= 4 is 99.3 Å². The number of sulfonamides is 2. The lowest BCUT2D eigenvalue weighted by Crippen LogP contribution is -2.52. The van der Waals surface area contributed by atoms with Gasteiger partial charge in [0.1, 0.15) is 54.0 Å². The first kappa shape index (κ1) is 94.1. The molecule has 2 aliphatic rings. The van der Waals surface area contributed by atoms with Crippen LogP contribution in [0.1, 0.15) is 115 Å². The smallest absolute Gasteiger partial charge is 0.323 e. The number of carbonyl (C=O) groups excluding carboxylic acids is 6. The van der Waals surface area contributed by atoms with Crippen molar-refractivity contribution in [2.45, 2.75) is 145 Å². The predicted molar refractivity (Wildman–Crippen MR) is 435 cm³/mol. The van der Waals surface area contributed by atoms with Gasteiger partial charge in [0.15, 0.2) is 6.29 Å². The largest absolute Gasteiger partial charge is 0.494 e. The number of carboxylic acids is 2. The zero-order valence-electron chi connectivity index (χ0n) is 66.0. The highest BCUT2D eigenvalue weighted by molar-refractivity contribution is 7.90. The summed E-state index contributed by atoms with van der Waals surface area (Å²) >= 11 is 0. The van der Waals surface area contributed by atoms with Crippen molar-refractivity contribution in [1.29, 1.82) is 0 Å². The zero-order valence-corrected chi connectivity index (χ0v) is 69.3. The van der Waals surface area contributed by atoms with Crippen molar-refractivity contribution in [2.75, 3.05) is 101 Å². The fourth-order valence-corrected chi connectivity index (χ4v) is 17.6. The van der Waals surface area contributed by atoms with Gasteiger partial charge in [-0.15, -0.1) is 0 Å². The Labute approximate surface area is 689 Å². The number of pyridine rings is 2. The standard InChI is InChI=1S/C77H102N14O24S4/c1-47-37-59(38-48(2)68(47)118(109,110)90-61(76(99)100)41-85-72(95)55-19-13-51(14-20-55)17-25-57-27-23-53-9-5-29-80-70(53)88-57)113-35-7-11-65(92)78-31-33-82-74(97)63(44-116(103,104)105)84-43-67(94)115-46-87-64(45-117(106,107)108)75(98)83-34-32-79-66(93)12-8-36-114-60-39-49(3)69(50(4)40-60)119(111,112)91-62(77(101)102)42-86-73(96)56-21-15-52(16-22-56)18-26-58-28-24-54-10-6-30-81-71(54)89-58/h13-16,19-24,27-28,37-40,61-64,67,84,87,90-91,94H,5-12,17-18,25-26,29-36,41-46H2,1-4H3,(H,78,92)(H,79,93)(H,80,88)(H,81,89)(H,82,97)(H,83,98)(H,85,95)(H,86,96)(H,99,100)(H,101,102)(H,103,104,105)(H,106,107,108)/t61-,62-,63?,64?,67?/m1/s1. The van der Waals surface area contributed by atoms with Crippen molar-refractivity contribution in [3.8, 4) is 11.5 Å². The highest BCUT2D eigenvalue weighted by Crippen LogP contribution is 2.29. The maximum Gasteiger partial charge on any atom is 0.323 e. The number of anilines is 2. The van der Waals surface area contributed by atoms with Gasteiger partial charge in [-0.1, -0.05) is 36.4 Å². The topological polar surface area (TPSA) is 572 Å². The van der Waals surface area contributed by atoms with Gasteiger partial charge >= 0.3 is 11.9 Å². The van der Waals surface area contributed by atoms with Gasteiger partial charge in [-0.05, 0) is 197 Å². The molecule has 0 saturated carbocycles. The van der Waals surface area contributed by atoms with Gasteiger partial charge in [0, 0.05) is 94.3 Å². The van der Waals surface area contributed by atoms with Crippen LogP contribution in [-0.2, 0) is 112 Å². The molecule has 0 bridgehead atoms. The van der Waals surface area contributed by atoms with Crippen LogP contribution in [0.5, 0.6) is 11.5 Å². The van der Waals surface area contributed by atoms with Crippen LogP contribution in [0, 0.1) is 27.7 Å². The molecule has 3 unspecified atom stereocenters. The Morgan fingerprint density at radius 1 is 0.471 bits per heavy atom. The predicted octanol–water partition coefficient (Wildman–Crippen LogP) is 0.787. The number of aryl methyl sites for hydroxylation is 10. The molecule has 0 spiro atoms. The molecule has 5 atom stereocenters. The maximum absolute atomic E-state index is 13.7. The van der Waals surface area contributed by atoms with Crippen molar-refractivity contribution in [1.82, 2.24) is 61.9 Å². The van der Waals surface area contributed by atoms with Crippen LogP contribution < -0.4 is 72.1 Å². The van der Waals surface area contributed by atoms with E-state index in [1.54, 1.807) is 48.5 Å². The van der Waals surface area contributed by atoms with Gasteiger partial charge in [0.2, 0.25) is 43.7 Å². The van der Waals surface area contributed by atoms with Crippen LogP contribution in [0.15, 0.2) is 107 Å². The van der Waals surface area contributed by atoms with Crippen LogP contribution in [0.3, 0.4) is 0 Å². The Balaban J connectivity index is 0.671. The summed E-state index contributed by atoms with van der Waals surface area (Å²) in [5, 5.41) is 56.7. The van der Waals surface area contributed by atoms with Crippen LogP contribution >= 0.6 is 0 Å². The van der Waals surface area contributed by atoms with E-state index in [2.05, 4.69) is 74.7 Å². The normalized spacial score (nSPS) is 14.0. The average molecular weight is 1740 g/mol. The van der Waals surface area contributed by atoms with Gasteiger partial charge in [0.05, 0.1) is 34.5 Å². The maximum atomic E-state index is 13.7. The molecule has 8 rings (SSSR count). The van der Waals surface area contributed by atoms with E-state index in [1.165, 1.54) is 63.1 Å². The number of aliphatic carboxylic acids is 2. The lowest BCUT2D eigenvalue weighted by Gasteiger charge is -2.21. The van der Waals surface area contributed by atoms with Crippen LogP contribution in [0.25, 0.3) is 0 Å². The number of amides is 6. The number of nitrogens with zero attached hydrogens (tertiary/aromatic N) is 2. The first-order valence-corrected chi connectivity index (χ1v) is 44.5. The van der Waals surface area contributed by atoms with Gasteiger partial charge < -0.3 is 72.1 Å². The highest BCUT2D eigenvalue weighted by atomic mass is 32.2. The zero-order chi connectivity index (χ0) is 86.6. The quantitative estimate of drug-likeness (QED) is 0.0143. The molecule has 0 fully saturated rings. The van der Waals surface area contributed by atoms with Crippen molar-refractivity contribution in [3.05, 3.63) is 164 Å². The number of aliphatic hydroxyl groups is 1. The third-order valence-corrected chi connectivity index (χ3v) is 23.9. The minimum Gasteiger partial charge on any atom is -0.494 e. The number of carboxylic acid groups (broad SMARTS) is 2. The number of rotatable bonds is 49. The summed E-state index contributed by atoms with van der Waals surface area (Å²) in [5.41, 5.74) is 7.44. The molecule has 6 aromatic rings. The Kier molecular flexibility index (Phi) is 35.3. The van der Waals surface area contributed by atoms with Crippen molar-refractivity contribution in [3.63, 3.8) is 0 Å². The fraction of sp³-hybridized carbons (Fsp3) is 0.455. The summed E-state index contributed by atoms with van der Waals surface area (Å²) in [6, 6.07) is 20.5. The molecule has 119 heavy (non-hydrogen) atoms. The molecular formula is C77H102N14O24S4. The molecule has 6 amide bonds. The molecule has 4 aromatic carbocycles. The summed E-state index contributed by atoms with van der Waals surface area (Å²) in [5.74, 6) is -7.37. The Morgan fingerprint density at radius 3 is 1.23 bits per heavy atom. The Bertz CT molecular complexity index is 5020. The molecule has 17 N–H and O–H groups in total. The Hall–Kier alpha value is -10.4. The minimum atomic E-state index is -4.84. The highest BCUT2D eigenvalue weighted by Gasteiger charge is 2.33. The van der Waals surface area contributed by atoms with Gasteiger partial charge in [-0.3, -0.25) is 58.1 Å². The summed E-state index contributed by atoms with van der Waals surface area (Å²) in [6.07, 6.45) is 5.03. The first-order valence-electron chi connectivity index (χ1n) is 38.3. The Morgan fingerprint density at radius 2 is 0.849 bits per heavy atom. The number of hydrogen-bond donors (Lipinski definition) is 17. The molecular weight excluding hydrogens is 1630 g/mol. The SMILES string of the molecule is Cc1cc(OCCCC(=O)NCCNC(=O)C(CS(=O)(=O)O)NCOC(O)CNC(CS(=O)(=O)O)C(=O)NCCNC(=O)CCCOc2cc(C)c(S(=O)(=O)N[C@H](CNC(=O)c3ccc(CCc4ccc5c(n4)NCCC5)cc3)C(=O)O)c(C)c2)cc(C)c1S(=O)(=O)N[C@H](CNC(=O)c1ccc(CCc2ccc3c(n2)NCCC3)cc1)C(=O)O. The van der Waals surface area contributed by atoms with Gasteiger partial charge in [0.25, 0.3) is 32.1 Å².